The lowest BCUT2D eigenvalue weighted by Gasteiger charge is -2.12. The maximum absolute atomic E-state index is 11.3. The topological polar surface area (TPSA) is 78.7 Å². The van der Waals surface area contributed by atoms with Gasteiger partial charge in [0.05, 0.1) is 26.6 Å². The Kier molecular flexibility index (Phi) is 5.10. The van der Waals surface area contributed by atoms with Crippen molar-refractivity contribution in [3.8, 4) is 5.75 Å². The molecule has 1 aromatic carbocycles. The second kappa shape index (κ2) is 6.58. The largest absolute Gasteiger partial charge is 0.497 e. The fourth-order valence-corrected chi connectivity index (χ4v) is 1.65. The molecule has 6 heteroatoms. The molecule has 0 amide bonds. The summed E-state index contributed by atoms with van der Waals surface area (Å²) in [5, 5.41) is 10.6. The minimum absolute atomic E-state index is 0.0232. The zero-order chi connectivity index (χ0) is 13.5. The van der Waals surface area contributed by atoms with E-state index >= 15 is 0 Å². The van der Waals surface area contributed by atoms with Crippen LogP contribution in [0.1, 0.15) is 17.9 Å². The van der Waals surface area contributed by atoms with E-state index in [1.807, 2.05) is 0 Å². The van der Waals surface area contributed by atoms with E-state index in [1.165, 1.54) is 14.2 Å². The van der Waals surface area contributed by atoms with Gasteiger partial charge in [-0.25, -0.2) is 0 Å². The zero-order valence-corrected chi connectivity index (χ0v) is 10.3. The van der Waals surface area contributed by atoms with Crippen molar-refractivity contribution in [1.29, 1.82) is 0 Å². The Morgan fingerprint density at radius 3 is 2.72 bits per heavy atom. The van der Waals surface area contributed by atoms with E-state index in [0.29, 0.717) is 11.3 Å². The molecule has 1 atom stereocenters. The van der Waals surface area contributed by atoms with E-state index in [2.05, 4.69) is 4.74 Å². The minimum Gasteiger partial charge on any atom is -0.497 e. The average molecular weight is 253 g/mol. The molecule has 1 rings (SSSR count). The SMILES string of the molecule is COC(=O)CC(C[N+](=O)[O-])c1cccc(OC)c1. The molecule has 0 bridgehead atoms. The molecule has 0 heterocycles. The molecular weight excluding hydrogens is 238 g/mol. The van der Waals surface area contributed by atoms with Crippen molar-refractivity contribution in [2.24, 2.45) is 0 Å². The maximum atomic E-state index is 11.3. The highest BCUT2D eigenvalue weighted by Gasteiger charge is 2.22. The monoisotopic (exact) mass is 253 g/mol. The van der Waals surface area contributed by atoms with Gasteiger partial charge < -0.3 is 9.47 Å². The van der Waals surface area contributed by atoms with Crippen LogP contribution in [0, 0.1) is 10.1 Å². The van der Waals surface area contributed by atoms with Crippen LogP contribution in [0.5, 0.6) is 5.75 Å². The zero-order valence-electron chi connectivity index (χ0n) is 10.3. The van der Waals surface area contributed by atoms with E-state index in [-0.39, 0.29) is 13.0 Å². The van der Waals surface area contributed by atoms with Crippen LogP contribution in [0.25, 0.3) is 0 Å². The van der Waals surface area contributed by atoms with Crippen molar-refractivity contribution in [3.05, 3.63) is 39.9 Å². The van der Waals surface area contributed by atoms with Gasteiger partial charge in [0, 0.05) is 4.92 Å². The highest BCUT2D eigenvalue weighted by Crippen LogP contribution is 2.24. The van der Waals surface area contributed by atoms with Gasteiger partial charge >= 0.3 is 5.97 Å². The number of ether oxygens (including phenoxy) is 2. The first-order valence-corrected chi connectivity index (χ1v) is 5.39. The van der Waals surface area contributed by atoms with Gasteiger partial charge in [0.25, 0.3) is 0 Å². The number of hydrogen-bond acceptors (Lipinski definition) is 5. The van der Waals surface area contributed by atoms with E-state index in [0.717, 1.165) is 0 Å². The highest BCUT2D eigenvalue weighted by molar-refractivity contribution is 5.70. The molecule has 0 aliphatic carbocycles. The predicted molar refractivity (Wildman–Crippen MR) is 64.2 cm³/mol. The first-order valence-electron chi connectivity index (χ1n) is 5.39. The molecule has 1 unspecified atom stereocenters. The number of methoxy groups -OCH3 is 2. The number of carbonyl (C=O) groups excluding carboxylic acids is 1. The first kappa shape index (κ1) is 14.0. The van der Waals surface area contributed by atoms with Crippen LogP contribution in [0.3, 0.4) is 0 Å². The van der Waals surface area contributed by atoms with Gasteiger partial charge in [-0.1, -0.05) is 12.1 Å². The van der Waals surface area contributed by atoms with Crippen molar-refractivity contribution in [1.82, 2.24) is 0 Å². The molecule has 0 saturated carbocycles. The van der Waals surface area contributed by atoms with Crippen LogP contribution in [-0.2, 0) is 9.53 Å². The molecular formula is C12H15NO5. The van der Waals surface area contributed by atoms with Crippen LogP contribution in [0.4, 0.5) is 0 Å². The third kappa shape index (κ3) is 4.04. The van der Waals surface area contributed by atoms with Crippen LogP contribution in [0.2, 0.25) is 0 Å². The Balaban J connectivity index is 2.92. The second-order valence-electron chi connectivity index (χ2n) is 3.77. The number of rotatable bonds is 6. The minimum atomic E-state index is -0.512. The molecule has 0 aliphatic rings. The molecule has 0 N–H and O–H groups in total. The Labute approximate surface area is 105 Å². The smallest absolute Gasteiger partial charge is 0.306 e. The molecule has 6 nitrogen and oxygen atoms in total. The lowest BCUT2D eigenvalue weighted by Crippen LogP contribution is -2.17. The summed E-state index contributed by atoms with van der Waals surface area (Å²) >= 11 is 0. The Morgan fingerprint density at radius 1 is 1.44 bits per heavy atom. The Morgan fingerprint density at radius 2 is 2.17 bits per heavy atom. The Bertz CT molecular complexity index is 432. The number of nitro groups is 1. The molecule has 0 spiro atoms. The lowest BCUT2D eigenvalue weighted by atomic mass is 9.95. The summed E-state index contributed by atoms with van der Waals surface area (Å²) in [6.45, 7) is -0.317. The van der Waals surface area contributed by atoms with E-state index in [9.17, 15) is 14.9 Å². The molecule has 0 saturated heterocycles. The summed E-state index contributed by atoms with van der Waals surface area (Å²) in [7, 11) is 2.78. The summed E-state index contributed by atoms with van der Waals surface area (Å²) in [5.74, 6) is -0.377. The third-order valence-electron chi connectivity index (χ3n) is 2.58. The summed E-state index contributed by atoms with van der Waals surface area (Å²) < 4.78 is 9.60. The quantitative estimate of drug-likeness (QED) is 0.437. The van der Waals surface area contributed by atoms with Crippen molar-refractivity contribution in [3.63, 3.8) is 0 Å². The van der Waals surface area contributed by atoms with Crippen molar-refractivity contribution in [2.45, 2.75) is 12.3 Å². The number of hydrogen-bond donors (Lipinski definition) is 0. The van der Waals surface area contributed by atoms with Gasteiger partial charge in [-0.15, -0.1) is 0 Å². The maximum Gasteiger partial charge on any atom is 0.306 e. The fraction of sp³-hybridized carbons (Fsp3) is 0.417. The van der Waals surface area contributed by atoms with Gasteiger partial charge in [0.15, 0.2) is 0 Å². The number of carbonyl (C=O) groups is 1. The average Bonchev–Trinajstić information content (AvgIpc) is 2.37. The van der Waals surface area contributed by atoms with E-state index in [1.54, 1.807) is 24.3 Å². The normalized spacial score (nSPS) is 11.7. The van der Waals surface area contributed by atoms with Gasteiger partial charge in [-0.3, -0.25) is 14.9 Å². The van der Waals surface area contributed by atoms with Crippen molar-refractivity contribution < 1.29 is 19.2 Å². The van der Waals surface area contributed by atoms with E-state index in [4.69, 9.17) is 4.74 Å². The predicted octanol–water partition coefficient (Wildman–Crippen LogP) is 1.62. The molecule has 0 aliphatic heterocycles. The third-order valence-corrected chi connectivity index (χ3v) is 2.58. The molecule has 0 aromatic heterocycles. The summed E-state index contributed by atoms with van der Waals surface area (Å²) in [6.07, 6.45) is -0.0232. The van der Waals surface area contributed by atoms with Gasteiger partial charge in [-0.2, -0.15) is 0 Å². The Hall–Kier alpha value is -2.11. The summed E-state index contributed by atoms with van der Waals surface area (Å²) in [5.41, 5.74) is 0.691. The molecule has 1 aromatic rings. The van der Waals surface area contributed by atoms with Gasteiger partial charge in [0.2, 0.25) is 6.54 Å². The van der Waals surface area contributed by atoms with Gasteiger partial charge in [0.1, 0.15) is 5.75 Å². The highest BCUT2D eigenvalue weighted by atomic mass is 16.6. The number of esters is 1. The summed E-state index contributed by atoms with van der Waals surface area (Å²) in [6, 6.07) is 6.90. The second-order valence-corrected chi connectivity index (χ2v) is 3.77. The van der Waals surface area contributed by atoms with Crippen molar-refractivity contribution >= 4 is 5.97 Å². The van der Waals surface area contributed by atoms with Crippen LogP contribution in [-0.4, -0.2) is 31.7 Å². The van der Waals surface area contributed by atoms with Crippen LogP contribution in [0.15, 0.2) is 24.3 Å². The van der Waals surface area contributed by atoms with Crippen LogP contribution >= 0.6 is 0 Å². The summed E-state index contributed by atoms with van der Waals surface area (Å²) in [4.78, 5) is 21.4. The first-order chi connectivity index (χ1) is 8.56. The fourth-order valence-electron chi connectivity index (χ4n) is 1.65. The number of benzene rings is 1. The number of nitrogens with zero attached hydrogens (tertiary/aromatic N) is 1. The molecule has 18 heavy (non-hydrogen) atoms. The molecule has 0 fully saturated rings. The standard InChI is InChI=1S/C12H15NO5/c1-17-11-5-3-4-9(6-11)10(8-13(15)16)7-12(14)18-2/h3-6,10H,7-8H2,1-2H3. The van der Waals surface area contributed by atoms with Crippen LogP contribution < -0.4 is 4.74 Å². The van der Waals surface area contributed by atoms with Crippen molar-refractivity contribution in [2.75, 3.05) is 20.8 Å². The lowest BCUT2D eigenvalue weighted by molar-refractivity contribution is -0.483. The van der Waals surface area contributed by atoms with E-state index < -0.39 is 16.8 Å². The van der Waals surface area contributed by atoms with Gasteiger partial charge in [-0.05, 0) is 17.7 Å². The molecule has 98 valence electrons. The molecule has 0 radical (unpaired) electrons.